The number of thiophene rings is 1. The van der Waals surface area contributed by atoms with Gasteiger partial charge in [0.25, 0.3) is 5.56 Å². The van der Waals surface area contributed by atoms with Crippen LogP contribution in [0.4, 0.5) is 0 Å². The molecule has 3 heterocycles. The van der Waals surface area contributed by atoms with Gasteiger partial charge in [0.1, 0.15) is 10.7 Å². The molecule has 0 bridgehead atoms. The monoisotopic (exact) mass is 383 g/mol. The van der Waals surface area contributed by atoms with Gasteiger partial charge in [-0.15, -0.1) is 11.3 Å². The molecule has 0 aliphatic carbocycles. The summed E-state index contributed by atoms with van der Waals surface area (Å²) in [5.74, 6) is 0.727. The minimum absolute atomic E-state index is 0.0516. The fourth-order valence-electron chi connectivity index (χ4n) is 3.93. The van der Waals surface area contributed by atoms with E-state index < -0.39 is 0 Å². The van der Waals surface area contributed by atoms with Gasteiger partial charge in [0.15, 0.2) is 0 Å². The van der Waals surface area contributed by atoms with Crippen LogP contribution >= 0.6 is 11.3 Å². The molecule has 1 saturated heterocycles. The summed E-state index contributed by atoms with van der Waals surface area (Å²) in [4.78, 5) is 25.0. The van der Waals surface area contributed by atoms with Gasteiger partial charge in [-0.25, -0.2) is 4.98 Å². The van der Waals surface area contributed by atoms with Crippen molar-refractivity contribution in [3.8, 4) is 11.1 Å². The van der Waals surface area contributed by atoms with Gasteiger partial charge in [0, 0.05) is 23.5 Å². The fourth-order valence-corrected chi connectivity index (χ4v) is 5.00. The molecule has 0 saturated carbocycles. The van der Waals surface area contributed by atoms with Gasteiger partial charge < -0.3 is 9.72 Å². The van der Waals surface area contributed by atoms with E-state index in [4.69, 9.17) is 9.72 Å². The van der Waals surface area contributed by atoms with Crippen molar-refractivity contribution in [3.05, 3.63) is 50.9 Å². The normalized spacial score (nSPS) is 21.0. The van der Waals surface area contributed by atoms with E-state index in [0.717, 1.165) is 39.7 Å². The minimum atomic E-state index is -0.0516. The molecule has 6 heteroatoms. The van der Waals surface area contributed by atoms with Crippen LogP contribution in [0.15, 0.2) is 29.1 Å². The molecule has 5 nitrogen and oxygen atoms in total. The molecule has 1 aliphatic heterocycles. The average molecular weight is 384 g/mol. The summed E-state index contributed by atoms with van der Waals surface area (Å²) in [6.07, 6.45) is 0.391. The number of aryl methyl sites for hydroxylation is 2. The smallest absolute Gasteiger partial charge is 0.260 e. The molecule has 2 aromatic heterocycles. The highest BCUT2D eigenvalue weighted by Gasteiger charge is 2.23. The van der Waals surface area contributed by atoms with E-state index in [1.54, 1.807) is 11.3 Å². The van der Waals surface area contributed by atoms with Crippen molar-refractivity contribution in [2.45, 2.75) is 46.4 Å². The Morgan fingerprint density at radius 1 is 1.19 bits per heavy atom. The number of nitrogens with zero attached hydrogens (tertiary/aromatic N) is 2. The van der Waals surface area contributed by atoms with E-state index in [2.05, 4.69) is 61.8 Å². The van der Waals surface area contributed by atoms with Crippen LogP contribution in [0, 0.1) is 13.8 Å². The number of hydrogen-bond acceptors (Lipinski definition) is 5. The van der Waals surface area contributed by atoms with Gasteiger partial charge in [-0.05, 0) is 33.3 Å². The van der Waals surface area contributed by atoms with Crippen LogP contribution in [0.3, 0.4) is 0 Å². The van der Waals surface area contributed by atoms with Crippen molar-refractivity contribution < 1.29 is 4.74 Å². The molecule has 1 aliphatic rings. The van der Waals surface area contributed by atoms with Crippen LogP contribution in [0.1, 0.15) is 30.1 Å². The first-order valence-electron chi connectivity index (χ1n) is 9.38. The first-order valence-corrected chi connectivity index (χ1v) is 10.2. The van der Waals surface area contributed by atoms with Crippen LogP contribution in [-0.4, -0.2) is 40.2 Å². The van der Waals surface area contributed by atoms with Gasteiger partial charge >= 0.3 is 0 Å². The molecule has 4 rings (SSSR count). The minimum Gasteiger partial charge on any atom is -0.373 e. The number of H-pyrrole nitrogens is 1. The molecule has 3 aromatic rings. The average Bonchev–Trinajstić information content (AvgIpc) is 2.91. The molecule has 0 amide bonds. The maximum Gasteiger partial charge on any atom is 0.260 e. The van der Waals surface area contributed by atoms with E-state index >= 15 is 0 Å². The number of ether oxygens (including phenoxy) is 1. The molecule has 142 valence electrons. The first-order chi connectivity index (χ1) is 12.9. The van der Waals surface area contributed by atoms with Gasteiger partial charge in [0.2, 0.25) is 0 Å². The van der Waals surface area contributed by atoms with E-state index in [-0.39, 0.29) is 17.8 Å². The van der Waals surface area contributed by atoms with E-state index in [9.17, 15) is 4.79 Å². The SMILES string of the molecule is Cc1ccc(-c2c(C)sc3nc(CN4C[C@@H](C)O[C@H](C)C4)[nH]c(=O)c23)cc1. The van der Waals surface area contributed by atoms with Crippen molar-refractivity contribution in [2.24, 2.45) is 0 Å². The zero-order valence-electron chi connectivity index (χ0n) is 16.2. The number of morpholine rings is 1. The van der Waals surface area contributed by atoms with Gasteiger partial charge in [-0.3, -0.25) is 9.69 Å². The van der Waals surface area contributed by atoms with E-state index in [1.807, 2.05) is 0 Å². The summed E-state index contributed by atoms with van der Waals surface area (Å²) in [7, 11) is 0. The second-order valence-electron chi connectivity index (χ2n) is 7.54. The molecular formula is C21H25N3O2S. The second-order valence-corrected chi connectivity index (χ2v) is 8.75. The number of rotatable bonds is 3. The third-order valence-electron chi connectivity index (χ3n) is 5.00. The number of aromatic amines is 1. The number of aromatic nitrogens is 2. The lowest BCUT2D eigenvalue weighted by atomic mass is 10.0. The van der Waals surface area contributed by atoms with Crippen molar-refractivity contribution in [1.82, 2.24) is 14.9 Å². The summed E-state index contributed by atoms with van der Waals surface area (Å²) < 4.78 is 5.79. The molecule has 1 N–H and O–H groups in total. The number of nitrogens with one attached hydrogen (secondary N) is 1. The quantitative estimate of drug-likeness (QED) is 0.746. The van der Waals surface area contributed by atoms with Crippen LogP contribution in [-0.2, 0) is 11.3 Å². The van der Waals surface area contributed by atoms with E-state index in [1.165, 1.54) is 5.56 Å². The summed E-state index contributed by atoms with van der Waals surface area (Å²) >= 11 is 1.59. The van der Waals surface area contributed by atoms with Crippen molar-refractivity contribution in [3.63, 3.8) is 0 Å². The number of benzene rings is 1. The van der Waals surface area contributed by atoms with Crippen LogP contribution in [0.25, 0.3) is 21.3 Å². The predicted octanol–water partition coefficient (Wildman–Crippen LogP) is 3.88. The lowest BCUT2D eigenvalue weighted by molar-refractivity contribution is -0.0710. The Balaban J connectivity index is 1.71. The molecule has 27 heavy (non-hydrogen) atoms. The second kappa shape index (κ2) is 7.19. The fraction of sp³-hybridized carbons (Fsp3) is 0.429. The maximum absolute atomic E-state index is 12.9. The van der Waals surface area contributed by atoms with Crippen LogP contribution in [0.5, 0.6) is 0 Å². The zero-order chi connectivity index (χ0) is 19.1. The predicted molar refractivity (Wildman–Crippen MR) is 110 cm³/mol. The Kier molecular flexibility index (Phi) is 4.88. The highest BCUT2D eigenvalue weighted by atomic mass is 32.1. The Morgan fingerprint density at radius 2 is 1.85 bits per heavy atom. The Bertz CT molecular complexity index is 1010. The van der Waals surface area contributed by atoms with Crippen LogP contribution < -0.4 is 5.56 Å². The summed E-state index contributed by atoms with van der Waals surface area (Å²) in [5, 5.41) is 0.703. The topological polar surface area (TPSA) is 58.2 Å². The number of hydrogen-bond donors (Lipinski definition) is 1. The highest BCUT2D eigenvalue weighted by molar-refractivity contribution is 7.19. The third kappa shape index (κ3) is 3.70. The Hall–Kier alpha value is -2.02. The summed E-state index contributed by atoms with van der Waals surface area (Å²) in [6.45, 7) is 10.6. The third-order valence-corrected chi connectivity index (χ3v) is 6.00. The highest BCUT2D eigenvalue weighted by Crippen LogP contribution is 2.35. The molecule has 1 aromatic carbocycles. The molecule has 0 radical (unpaired) electrons. The van der Waals surface area contributed by atoms with Crippen molar-refractivity contribution >= 4 is 21.6 Å². The Morgan fingerprint density at radius 3 is 2.52 bits per heavy atom. The van der Waals surface area contributed by atoms with Gasteiger partial charge in [-0.2, -0.15) is 0 Å². The molecule has 0 spiro atoms. The molecule has 1 fully saturated rings. The lowest BCUT2D eigenvalue weighted by Crippen LogP contribution is -2.45. The standard InChI is InChI=1S/C21H25N3O2S/c1-12-5-7-16(8-6-12)18-15(4)27-21-19(18)20(25)22-17(23-21)11-24-9-13(2)26-14(3)10-24/h5-8,13-14H,9-11H2,1-4H3,(H,22,23,25)/t13-,14-/m1/s1. The largest absolute Gasteiger partial charge is 0.373 e. The maximum atomic E-state index is 12.9. The number of fused-ring (bicyclic) bond motifs is 1. The van der Waals surface area contributed by atoms with Crippen molar-refractivity contribution in [1.29, 1.82) is 0 Å². The molecule has 2 atom stereocenters. The van der Waals surface area contributed by atoms with Crippen LogP contribution in [0.2, 0.25) is 0 Å². The lowest BCUT2D eigenvalue weighted by Gasteiger charge is -2.34. The molecular weight excluding hydrogens is 358 g/mol. The van der Waals surface area contributed by atoms with Crippen molar-refractivity contribution in [2.75, 3.05) is 13.1 Å². The summed E-state index contributed by atoms with van der Waals surface area (Å²) in [6, 6.07) is 8.31. The van der Waals surface area contributed by atoms with Gasteiger partial charge in [0.05, 0.1) is 24.1 Å². The zero-order valence-corrected chi connectivity index (χ0v) is 17.0. The summed E-state index contributed by atoms with van der Waals surface area (Å²) in [5.41, 5.74) is 3.23. The first kappa shape index (κ1) is 18.3. The molecule has 0 unspecified atom stereocenters. The Labute approximate surface area is 163 Å². The van der Waals surface area contributed by atoms with Gasteiger partial charge in [-0.1, -0.05) is 29.8 Å². The van der Waals surface area contributed by atoms with E-state index in [0.29, 0.717) is 11.9 Å².